The van der Waals surface area contributed by atoms with Crippen LogP contribution >= 0.6 is 23.8 Å². The monoisotopic (exact) mass is 372 g/mol. The van der Waals surface area contributed by atoms with Gasteiger partial charge in [-0.15, -0.1) is 0 Å². The molecular weight excluding hydrogens is 360 g/mol. The molecule has 7 heteroatoms. The van der Waals surface area contributed by atoms with Gasteiger partial charge in [-0.25, -0.2) is 4.79 Å². The van der Waals surface area contributed by atoms with Crippen molar-refractivity contribution in [2.24, 2.45) is 0 Å². The molecule has 2 aromatic carbocycles. The average molecular weight is 373 g/mol. The van der Waals surface area contributed by atoms with Gasteiger partial charge in [0.15, 0.2) is 5.11 Å². The summed E-state index contributed by atoms with van der Waals surface area (Å²) in [6.07, 6.45) is 0.196. The lowest BCUT2D eigenvalue weighted by atomic mass is 10.1. The van der Waals surface area contributed by atoms with Gasteiger partial charge in [0.25, 0.3) is 0 Å². The number of anilines is 1. The number of thiocarbonyl (C=S) groups is 1. The maximum absolute atomic E-state index is 12.0. The van der Waals surface area contributed by atoms with Gasteiger partial charge >= 0.3 is 5.63 Å². The van der Waals surface area contributed by atoms with Crippen LogP contribution in [0.1, 0.15) is 5.56 Å². The highest BCUT2D eigenvalue weighted by atomic mass is 35.5. The van der Waals surface area contributed by atoms with E-state index in [-0.39, 0.29) is 17.4 Å². The van der Waals surface area contributed by atoms with Gasteiger partial charge in [-0.2, -0.15) is 0 Å². The Labute approximate surface area is 153 Å². The summed E-state index contributed by atoms with van der Waals surface area (Å²) in [5.74, 6) is -0.230. The summed E-state index contributed by atoms with van der Waals surface area (Å²) >= 11 is 11.0. The van der Waals surface area contributed by atoms with Crippen LogP contribution in [0.2, 0.25) is 5.02 Å². The zero-order valence-electron chi connectivity index (χ0n) is 12.9. The predicted molar refractivity (Wildman–Crippen MR) is 102 cm³/mol. The maximum Gasteiger partial charge on any atom is 0.336 e. The third-order valence-corrected chi connectivity index (χ3v) is 3.86. The van der Waals surface area contributed by atoms with Gasteiger partial charge in [0.2, 0.25) is 5.91 Å². The van der Waals surface area contributed by atoms with E-state index in [2.05, 4.69) is 10.6 Å². The second-order valence-corrected chi connectivity index (χ2v) is 6.16. The summed E-state index contributed by atoms with van der Waals surface area (Å²) in [4.78, 5) is 23.2. The fourth-order valence-corrected chi connectivity index (χ4v) is 2.63. The second kappa shape index (κ2) is 7.46. The van der Waals surface area contributed by atoms with E-state index >= 15 is 0 Å². The van der Waals surface area contributed by atoms with Gasteiger partial charge in [0.1, 0.15) is 5.58 Å². The zero-order chi connectivity index (χ0) is 17.8. The summed E-state index contributed by atoms with van der Waals surface area (Å²) in [5.41, 5.74) is 1.59. The number of fused-ring (bicyclic) bond motifs is 1. The lowest BCUT2D eigenvalue weighted by Crippen LogP contribution is -2.35. The van der Waals surface area contributed by atoms with Crippen LogP contribution in [-0.2, 0) is 11.2 Å². The molecule has 0 radical (unpaired) electrons. The molecule has 2 N–H and O–H groups in total. The Morgan fingerprint density at radius 3 is 2.60 bits per heavy atom. The number of nitrogens with one attached hydrogen (secondary N) is 2. The van der Waals surface area contributed by atoms with Crippen molar-refractivity contribution in [1.82, 2.24) is 5.32 Å². The van der Waals surface area contributed by atoms with Crippen LogP contribution in [0.25, 0.3) is 11.0 Å². The Hall–Kier alpha value is -2.70. The third kappa shape index (κ3) is 4.65. The van der Waals surface area contributed by atoms with E-state index in [9.17, 15) is 9.59 Å². The van der Waals surface area contributed by atoms with E-state index in [1.165, 1.54) is 6.07 Å². The fourth-order valence-electron chi connectivity index (χ4n) is 2.27. The van der Waals surface area contributed by atoms with Crippen molar-refractivity contribution < 1.29 is 9.21 Å². The van der Waals surface area contributed by atoms with Crippen LogP contribution in [0, 0.1) is 0 Å². The number of rotatable bonds is 3. The van der Waals surface area contributed by atoms with Gasteiger partial charge < -0.3 is 15.1 Å². The molecule has 0 aliphatic heterocycles. The molecule has 0 saturated heterocycles. The standard InChI is InChI=1S/C18H13ClN2O3S/c19-13-4-1-11(2-5-13)9-16(22)21-18(25)20-14-6-7-15-12(10-14)3-8-17(23)24-15/h1-8,10H,9H2,(H2,20,21,22,25). The molecule has 0 aliphatic rings. The first kappa shape index (κ1) is 17.1. The molecule has 126 valence electrons. The number of halogens is 1. The van der Waals surface area contributed by atoms with Crippen LogP contribution in [0.3, 0.4) is 0 Å². The Kier molecular flexibility index (Phi) is 5.11. The van der Waals surface area contributed by atoms with Crippen LogP contribution in [0.4, 0.5) is 5.69 Å². The minimum Gasteiger partial charge on any atom is -0.423 e. The SMILES string of the molecule is O=C(Cc1ccc(Cl)cc1)NC(=S)Nc1ccc2oc(=O)ccc2c1. The molecule has 5 nitrogen and oxygen atoms in total. The molecule has 1 aromatic heterocycles. The molecule has 0 atom stereocenters. The van der Waals surface area contributed by atoms with E-state index < -0.39 is 5.63 Å². The second-order valence-electron chi connectivity index (χ2n) is 5.31. The van der Waals surface area contributed by atoms with Crippen molar-refractivity contribution >= 4 is 51.5 Å². The number of hydrogen-bond donors (Lipinski definition) is 2. The van der Waals surface area contributed by atoms with Crippen LogP contribution in [0.15, 0.2) is 63.8 Å². The molecule has 0 spiro atoms. The molecule has 1 amide bonds. The molecule has 25 heavy (non-hydrogen) atoms. The topological polar surface area (TPSA) is 71.3 Å². The zero-order valence-corrected chi connectivity index (χ0v) is 14.5. The van der Waals surface area contributed by atoms with Gasteiger partial charge in [0, 0.05) is 22.2 Å². The summed E-state index contributed by atoms with van der Waals surface area (Å²) in [6.45, 7) is 0. The van der Waals surface area contributed by atoms with Crippen molar-refractivity contribution in [3.05, 3.63) is 75.6 Å². The number of carbonyl (C=O) groups is 1. The first-order chi connectivity index (χ1) is 12.0. The van der Waals surface area contributed by atoms with Crippen LogP contribution < -0.4 is 16.3 Å². The van der Waals surface area contributed by atoms with Crippen molar-refractivity contribution in [1.29, 1.82) is 0 Å². The van der Waals surface area contributed by atoms with Gasteiger partial charge in [-0.05, 0) is 54.2 Å². The highest BCUT2D eigenvalue weighted by molar-refractivity contribution is 7.80. The minimum atomic E-state index is -0.404. The number of hydrogen-bond acceptors (Lipinski definition) is 4. The Balaban J connectivity index is 1.61. The summed E-state index contributed by atoms with van der Waals surface area (Å²) in [5, 5.41) is 7.12. The Morgan fingerprint density at radius 1 is 1.08 bits per heavy atom. The largest absolute Gasteiger partial charge is 0.423 e. The fraction of sp³-hybridized carbons (Fsp3) is 0.0556. The highest BCUT2D eigenvalue weighted by Crippen LogP contribution is 2.17. The lowest BCUT2D eigenvalue weighted by molar-refractivity contribution is -0.119. The van der Waals surface area contributed by atoms with Gasteiger partial charge in [0.05, 0.1) is 6.42 Å². The van der Waals surface area contributed by atoms with E-state index in [1.54, 1.807) is 48.5 Å². The normalized spacial score (nSPS) is 10.4. The molecule has 0 unspecified atom stereocenters. The molecule has 3 aromatic rings. The van der Waals surface area contributed by atoms with Crippen molar-refractivity contribution in [2.75, 3.05) is 5.32 Å². The summed E-state index contributed by atoms with van der Waals surface area (Å²) < 4.78 is 5.07. The first-order valence-electron chi connectivity index (χ1n) is 7.39. The molecule has 0 bridgehead atoms. The smallest absolute Gasteiger partial charge is 0.336 e. The number of benzene rings is 2. The van der Waals surface area contributed by atoms with Crippen molar-refractivity contribution in [2.45, 2.75) is 6.42 Å². The minimum absolute atomic E-state index is 0.190. The van der Waals surface area contributed by atoms with E-state index in [1.807, 2.05) is 0 Å². The average Bonchev–Trinajstić information content (AvgIpc) is 2.57. The Bertz CT molecular complexity index is 999. The number of amides is 1. The molecule has 0 aliphatic carbocycles. The predicted octanol–water partition coefficient (Wildman–Crippen LogP) is 3.50. The Morgan fingerprint density at radius 2 is 1.84 bits per heavy atom. The highest BCUT2D eigenvalue weighted by Gasteiger charge is 2.07. The third-order valence-electron chi connectivity index (χ3n) is 3.41. The van der Waals surface area contributed by atoms with Crippen LogP contribution in [0.5, 0.6) is 0 Å². The van der Waals surface area contributed by atoms with Crippen molar-refractivity contribution in [3.63, 3.8) is 0 Å². The van der Waals surface area contributed by atoms with Crippen molar-refractivity contribution in [3.8, 4) is 0 Å². The maximum atomic E-state index is 12.0. The van der Waals surface area contributed by atoms with E-state index in [4.69, 9.17) is 28.2 Å². The first-order valence-corrected chi connectivity index (χ1v) is 8.17. The van der Waals surface area contributed by atoms with Crippen LogP contribution in [-0.4, -0.2) is 11.0 Å². The number of carbonyl (C=O) groups excluding carboxylic acids is 1. The van der Waals surface area contributed by atoms with Gasteiger partial charge in [-0.3, -0.25) is 4.79 Å². The van der Waals surface area contributed by atoms with Gasteiger partial charge in [-0.1, -0.05) is 23.7 Å². The van der Waals surface area contributed by atoms with E-state index in [0.29, 0.717) is 16.3 Å². The summed E-state index contributed by atoms with van der Waals surface area (Å²) in [6, 6.07) is 15.2. The summed E-state index contributed by atoms with van der Waals surface area (Å²) in [7, 11) is 0. The molecule has 0 fully saturated rings. The quantitative estimate of drug-likeness (QED) is 0.544. The molecule has 3 rings (SSSR count). The molecule has 1 heterocycles. The lowest BCUT2D eigenvalue weighted by Gasteiger charge is -2.10. The molecule has 0 saturated carbocycles. The molecular formula is C18H13ClN2O3S. The van der Waals surface area contributed by atoms with E-state index in [0.717, 1.165) is 10.9 Å².